The van der Waals surface area contributed by atoms with Crippen LogP contribution in [-0.4, -0.2) is 30.2 Å². The number of benzene rings is 2. The molecule has 1 aliphatic carbocycles. The first-order chi connectivity index (χ1) is 17.1. The first-order valence-electron chi connectivity index (χ1n) is 11.8. The molecule has 0 atom stereocenters. The quantitative estimate of drug-likeness (QED) is 0.408. The largest absolute Gasteiger partial charge is 0.382 e. The molecule has 0 radical (unpaired) electrons. The lowest BCUT2D eigenvalue weighted by Gasteiger charge is -2.25. The van der Waals surface area contributed by atoms with Crippen LogP contribution in [0.15, 0.2) is 67.1 Å². The van der Waals surface area contributed by atoms with Crippen LogP contribution in [-0.2, 0) is 4.79 Å². The van der Waals surface area contributed by atoms with Gasteiger partial charge in [0.2, 0.25) is 5.91 Å². The third kappa shape index (κ3) is 3.77. The Bertz CT molecular complexity index is 1550. The smallest absolute Gasteiger partial charge is 0.220 e. The molecular formula is C27H25N7O. The van der Waals surface area contributed by atoms with Crippen molar-refractivity contribution >= 4 is 28.1 Å². The van der Waals surface area contributed by atoms with Gasteiger partial charge in [-0.1, -0.05) is 42.5 Å². The van der Waals surface area contributed by atoms with Crippen LogP contribution in [0.1, 0.15) is 37.3 Å². The van der Waals surface area contributed by atoms with Crippen molar-refractivity contribution < 1.29 is 4.79 Å². The van der Waals surface area contributed by atoms with E-state index in [0.717, 1.165) is 64.7 Å². The van der Waals surface area contributed by atoms with Crippen molar-refractivity contribution in [2.75, 3.05) is 5.73 Å². The normalized spacial score (nSPS) is 18.2. The molecule has 2 aromatic carbocycles. The molecule has 6 rings (SSSR count). The number of carbonyl (C=O) groups is 1. The molecule has 174 valence electrons. The van der Waals surface area contributed by atoms with Crippen molar-refractivity contribution in [3.8, 4) is 22.8 Å². The minimum Gasteiger partial charge on any atom is -0.382 e. The Hall–Kier alpha value is -4.33. The van der Waals surface area contributed by atoms with Crippen molar-refractivity contribution in [3.05, 3.63) is 72.8 Å². The number of nitrogens with two attached hydrogens (primary N) is 2. The zero-order valence-electron chi connectivity index (χ0n) is 19.1. The molecule has 0 bridgehead atoms. The van der Waals surface area contributed by atoms with Gasteiger partial charge in [0.15, 0.2) is 5.82 Å². The lowest BCUT2D eigenvalue weighted by atomic mass is 9.80. The molecule has 1 fully saturated rings. The highest BCUT2D eigenvalue weighted by Crippen LogP contribution is 2.39. The van der Waals surface area contributed by atoms with E-state index in [9.17, 15) is 4.79 Å². The molecule has 8 nitrogen and oxygen atoms in total. The zero-order valence-corrected chi connectivity index (χ0v) is 19.1. The number of hydrogen-bond acceptors (Lipinski definition) is 6. The Morgan fingerprint density at radius 2 is 1.74 bits per heavy atom. The van der Waals surface area contributed by atoms with Gasteiger partial charge in [0.1, 0.15) is 17.2 Å². The fraction of sp³-hybridized carbons (Fsp3) is 0.222. The van der Waals surface area contributed by atoms with Gasteiger partial charge >= 0.3 is 0 Å². The van der Waals surface area contributed by atoms with E-state index >= 15 is 0 Å². The summed E-state index contributed by atoms with van der Waals surface area (Å²) in [5.41, 5.74) is 16.4. The molecular weight excluding hydrogens is 438 g/mol. The third-order valence-electron chi connectivity index (χ3n) is 7.00. The number of primary amides is 1. The van der Waals surface area contributed by atoms with Gasteiger partial charge in [0, 0.05) is 46.9 Å². The Labute approximate surface area is 202 Å². The predicted octanol–water partition coefficient (Wildman–Crippen LogP) is 4.35. The highest BCUT2D eigenvalue weighted by atomic mass is 16.1. The van der Waals surface area contributed by atoms with Crippen LogP contribution >= 0.6 is 0 Å². The summed E-state index contributed by atoms with van der Waals surface area (Å²) in [5, 5.41) is 0.959. The monoisotopic (exact) mass is 463 g/mol. The standard InChI is InChI=1S/C27H25N7O/c28-24-23-22(16-6-8-17(9-7-16)25(29)35)33-27(34(23)13-12-30-24)19-10-11-20-15-31-26(32-21(20)14-19)18-4-2-1-3-5-18/h1-5,10-17H,6-9H2,(H2,28,30)(H2,29,35). The maximum Gasteiger partial charge on any atom is 0.220 e. The van der Waals surface area contributed by atoms with Crippen LogP contribution in [0.4, 0.5) is 5.82 Å². The first-order valence-corrected chi connectivity index (χ1v) is 11.8. The third-order valence-corrected chi connectivity index (χ3v) is 7.00. The van der Waals surface area contributed by atoms with Crippen molar-refractivity contribution in [1.29, 1.82) is 0 Å². The van der Waals surface area contributed by atoms with Crippen molar-refractivity contribution in [2.45, 2.75) is 31.6 Å². The second-order valence-corrected chi connectivity index (χ2v) is 9.14. The Kier molecular flexibility index (Phi) is 5.13. The Balaban J connectivity index is 1.44. The fourth-order valence-electron chi connectivity index (χ4n) is 5.12. The molecule has 1 amide bonds. The van der Waals surface area contributed by atoms with Gasteiger partial charge in [-0.05, 0) is 31.7 Å². The molecule has 0 spiro atoms. The number of imidazole rings is 1. The molecule has 1 aliphatic rings. The van der Waals surface area contributed by atoms with Crippen LogP contribution in [0, 0.1) is 5.92 Å². The number of nitrogens with zero attached hydrogens (tertiary/aromatic N) is 5. The van der Waals surface area contributed by atoms with Gasteiger partial charge < -0.3 is 11.5 Å². The van der Waals surface area contributed by atoms with Crippen LogP contribution in [0.2, 0.25) is 0 Å². The summed E-state index contributed by atoms with van der Waals surface area (Å²) in [7, 11) is 0. The highest BCUT2D eigenvalue weighted by molar-refractivity contribution is 5.85. The number of hydrogen-bond donors (Lipinski definition) is 2. The van der Waals surface area contributed by atoms with Gasteiger partial charge in [-0.2, -0.15) is 0 Å². The van der Waals surface area contributed by atoms with Crippen molar-refractivity contribution in [2.24, 2.45) is 11.7 Å². The molecule has 0 unspecified atom stereocenters. The molecule has 8 heteroatoms. The van der Waals surface area contributed by atoms with E-state index in [4.69, 9.17) is 21.4 Å². The van der Waals surface area contributed by atoms with E-state index in [2.05, 4.69) is 9.97 Å². The molecule has 5 aromatic rings. The van der Waals surface area contributed by atoms with E-state index < -0.39 is 0 Å². The van der Waals surface area contributed by atoms with Gasteiger partial charge in [-0.3, -0.25) is 9.20 Å². The molecule has 3 heterocycles. The number of fused-ring (bicyclic) bond motifs is 2. The zero-order chi connectivity index (χ0) is 23.9. The topological polar surface area (TPSA) is 125 Å². The van der Waals surface area contributed by atoms with Gasteiger partial charge in [-0.15, -0.1) is 0 Å². The summed E-state index contributed by atoms with van der Waals surface area (Å²) in [6.07, 6.45) is 8.67. The van der Waals surface area contributed by atoms with Crippen LogP contribution in [0.5, 0.6) is 0 Å². The highest BCUT2D eigenvalue weighted by Gasteiger charge is 2.29. The molecule has 3 aromatic heterocycles. The van der Waals surface area contributed by atoms with E-state index in [1.54, 1.807) is 6.20 Å². The summed E-state index contributed by atoms with van der Waals surface area (Å²) >= 11 is 0. The summed E-state index contributed by atoms with van der Waals surface area (Å²) in [6, 6.07) is 16.0. The number of rotatable bonds is 4. The molecule has 0 aliphatic heterocycles. The lowest BCUT2D eigenvalue weighted by molar-refractivity contribution is -0.122. The van der Waals surface area contributed by atoms with E-state index in [0.29, 0.717) is 11.6 Å². The van der Waals surface area contributed by atoms with E-state index in [1.807, 2.05) is 65.3 Å². The van der Waals surface area contributed by atoms with Gasteiger partial charge in [0.25, 0.3) is 0 Å². The molecule has 35 heavy (non-hydrogen) atoms. The van der Waals surface area contributed by atoms with E-state index in [1.165, 1.54) is 0 Å². The minimum atomic E-state index is -0.215. The predicted molar refractivity (Wildman–Crippen MR) is 135 cm³/mol. The number of nitrogen functional groups attached to an aromatic ring is 1. The average Bonchev–Trinajstić information content (AvgIpc) is 3.30. The number of anilines is 1. The van der Waals surface area contributed by atoms with E-state index in [-0.39, 0.29) is 17.7 Å². The molecule has 1 saturated carbocycles. The van der Waals surface area contributed by atoms with Gasteiger partial charge in [-0.25, -0.2) is 19.9 Å². The summed E-state index contributed by atoms with van der Waals surface area (Å²) < 4.78 is 2.01. The van der Waals surface area contributed by atoms with Crippen LogP contribution in [0.25, 0.3) is 39.2 Å². The average molecular weight is 464 g/mol. The Morgan fingerprint density at radius 1 is 0.943 bits per heavy atom. The number of aromatic nitrogens is 5. The minimum absolute atomic E-state index is 0.0611. The number of carbonyl (C=O) groups excluding carboxylic acids is 1. The summed E-state index contributed by atoms with van der Waals surface area (Å²) in [6.45, 7) is 0. The maximum atomic E-state index is 11.6. The lowest BCUT2D eigenvalue weighted by Crippen LogP contribution is -2.27. The second kappa shape index (κ2) is 8.47. The maximum absolute atomic E-state index is 11.6. The van der Waals surface area contributed by atoms with Crippen molar-refractivity contribution in [3.63, 3.8) is 0 Å². The van der Waals surface area contributed by atoms with Gasteiger partial charge in [0.05, 0.1) is 11.2 Å². The van der Waals surface area contributed by atoms with Crippen LogP contribution in [0.3, 0.4) is 0 Å². The summed E-state index contributed by atoms with van der Waals surface area (Å²) in [5.74, 6) is 1.86. The fourth-order valence-corrected chi connectivity index (χ4v) is 5.12. The second-order valence-electron chi connectivity index (χ2n) is 9.14. The first kappa shape index (κ1) is 21.2. The molecule has 0 saturated heterocycles. The molecule has 4 N–H and O–H groups in total. The Morgan fingerprint density at radius 3 is 2.51 bits per heavy atom. The SMILES string of the molecule is NC(=O)C1CCC(c2nc(-c3ccc4cnc(-c5ccccc5)nc4c3)n3ccnc(N)c23)CC1. The van der Waals surface area contributed by atoms with Crippen LogP contribution < -0.4 is 11.5 Å². The summed E-state index contributed by atoms with van der Waals surface area (Å²) in [4.78, 5) is 30.4. The van der Waals surface area contributed by atoms with Crippen molar-refractivity contribution in [1.82, 2.24) is 24.3 Å². The number of amides is 1.